The second kappa shape index (κ2) is 4.35. The van der Waals surface area contributed by atoms with Crippen molar-refractivity contribution in [2.45, 2.75) is 18.3 Å². The maximum absolute atomic E-state index is 12.2. The molecule has 14 heavy (non-hydrogen) atoms. The average molecular weight is 243 g/mol. The van der Waals surface area contributed by atoms with Gasteiger partial charge in [0.2, 0.25) is 0 Å². The molecule has 0 unspecified atom stereocenters. The second-order valence-corrected chi connectivity index (χ2v) is 3.88. The van der Waals surface area contributed by atoms with Gasteiger partial charge in [0, 0.05) is 6.20 Å². The third-order valence-corrected chi connectivity index (χ3v) is 2.33. The summed E-state index contributed by atoms with van der Waals surface area (Å²) in [4.78, 5) is 7.07. The van der Waals surface area contributed by atoms with E-state index in [4.69, 9.17) is 11.6 Å². The molecule has 0 fully saturated rings. The van der Waals surface area contributed by atoms with Crippen LogP contribution in [0.25, 0.3) is 0 Å². The molecule has 0 saturated heterocycles. The number of hydrogen-bond donors (Lipinski definition) is 0. The number of nitrogens with zero attached hydrogens (tertiary/aromatic N) is 2. The van der Waals surface area contributed by atoms with Gasteiger partial charge in [-0.2, -0.15) is 13.2 Å². The maximum atomic E-state index is 12.2. The minimum absolute atomic E-state index is 0.255. The van der Waals surface area contributed by atoms with Crippen molar-refractivity contribution in [1.82, 2.24) is 9.97 Å². The summed E-state index contributed by atoms with van der Waals surface area (Å²) in [5.41, 5.74) is -1.00. The third kappa shape index (κ3) is 2.75. The number of hydrogen-bond acceptors (Lipinski definition) is 3. The second-order valence-electron chi connectivity index (χ2n) is 2.29. The topological polar surface area (TPSA) is 25.8 Å². The van der Waals surface area contributed by atoms with E-state index in [9.17, 15) is 13.2 Å². The first-order chi connectivity index (χ1) is 6.45. The molecule has 1 heterocycles. The van der Waals surface area contributed by atoms with Crippen LogP contribution in [0, 0.1) is 0 Å². The Bertz CT molecular complexity index is 329. The highest BCUT2D eigenvalue weighted by atomic mass is 35.5. The minimum atomic E-state index is -4.49. The highest BCUT2D eigenvalue weighted by Crippen LogP contribution is 2.33. The van der Waals surface area contributed by atoms with E-state index in [-0.39, 0.29) is 5.16 Å². The molecule has 0 aliphatic heterocycles. The van der Waals surface area contributed by atoms with Gasteiger partial charge in [-0.3, -0.25) is 0 Å². The molecule has 0 spiro atoms. The van der Waals surface area contributed by atoms with E-state index in [0.717, 1.165) is 0 Å². The predicted molar refractivity (Wildman–Crippen MR) is 48.4 cm³/mol. The molecule has 0 saturated carbocycles. The van der Waals surface area contributed by atoms with Gasteiger partial charge in [0.15, 0.2) is 5.16 Å². The Balaban J connectivity index is 3.02. The average Bonchev–Trinajstić information content (AvgIpc) is 2.02. The van der Waals surface area contributed by atoms with Crippen LogP contribution in [-0.2, 0) is 6.18 Å². The molecule has 0 atom stereocenters. The zero-order valence-electron chi connectivity index (χ0n) is 7.10. The van der Waals surface area contributed by atoms with E-state index in [0.29, 0.717) is 11.9 Å². The number of halogens is 4. The predicted octanol–water partition coefficient (Wildman–Crippen LogP) is 3.26. The first-order valence-corrected chi connectivity index (χ1v) is 5.04. The third-order valence-electron chi connectivity index (χ3n) is 1.30. The van der Waals surface area contributed by atoms with Crippen LogP contribution in [0.1, 0.15) is 12.5 Å². The standard InChI is InChI=1S/C7H6ClF3N2S/c1-2-14-6-12-3-4(5(8)13-6)7(9,10)11/h3H,2H2,1H3. The Hall–Kier alpha value is -0.490. The van der Waals surface area contributed by atoms with Crippen LogP contribution < -0.4 is 0 Å². The number of thioether (sulfide) groups is 1. The van der Waals surface area contributed by atoms with E-state index in [2.05, 4.69) is 9.97 Å². The summed E-state index contributed by atoms with van der Waals surface area (Å²) in [6.07, 6.45) is -3.79. The molecule has 0 amide bonds. The molecule has 0 radical (unpaired) electrons. The number of aromatic nitrogens is 2. The lowest BCUT2D eigenvalue weighted by molar-refractivity contribution is -0.138. The lowest BCUT2D eigenvalue weighted by Gasteiger charge is -2.07. The van der Waals surface area contributed by atoms with Crippen LogP contribution in [0.15, 0.2) is 11.4 Å². The monoisotopic (exact) mass is 242 g/mol. The van der Waals surface area contributed by atoms with Gasteiger partial charge in [-0.15, -0.1) is 0 Å². The van der Waals surface area contributed by atoms with Crippen molar-refractivity contribution in [3.05, 3.63) is 16.9 Å². The van der Waals surface area contributed by atoms with Crippen LogP contribution in [0.2, 0.25) is 5.15 Å². The van der Waals surface area contributed by atoms with Crippen molar-refractivity contribution in [2.75, 3.05) is 5.75 Å². The first-order valence-electron chi connectivity index (χ1n) is 3.67. The van der Waals surface area contributed by atoms with E-state index in [1.807, 2.05) is 6.92 Å². The highest BCUT2D eigenvalue weighted by Gasteiger charge is 2.34. The fraction of sp³-hybridized carbons (Fsp3) is 0.429. The summed E-state index contributed by atoms with van der Waals surface area (Å²) in [5, 5.41) is -0.297. The van der Waals surface area contributed by atoms with Gasteiger partial charge < -0.3 is 0 Å². The fourth-order valence-corrected chi connectivity index (χ4v) is 1.56. The summed E-state index contributed by atoms with van der Waals surface area (Å²) in [6, 6.07) is 0. The van der Waals surface area contributed by atoms with Gasteiger partial charge in [0.1, 0.15) is 10.7 Å². The molecule has 0 bridgehead atoms. The van der Waals surface area contributed by atoms with E-state index < -0.39 is 16.9 Å². The molecule has 1 aromatic heterocycles. The highest BCUT2D eigenvalue weighted by molar-refractivity contribution is 7.99. The van der Waals surface area contributed by atoms with E-state index >= 15 is 0 Å². The summed E-state index contributed by atoms with van der Waals surface area (Å²) in [5.74, 6) is 0.682. The molecule has 1 aromatic rings. The van der Waals surface area contributed by atoms with Gasteiger partial charge in [-0.1, -0.05) is 30.3 Å². The summed E-state index contributed by atoms with van der Waals surface area (Å²) < 4.78 is 36.6. The molecule has 0 aliphatic carbocycles. The van der Waals surface area contributed by atoms with Gasteiger partial charge >= 0.3 is 6.18 Å². The smallest absolute Gasteiger partial charge is 0.230 e. The summed E-state index contributed by atoms with van der Waals surface area (Å²) in [7, 11) is 0. The largest absolute Gasteiger partial charge is 0.420 e. The molecule has 2 nitrogen and oxygen atoms in total. The SMILES string of the molecule is CCSc1ncc(C(F)(F)F)c(Cl)n1. The van der Waals surface area contributed by atoms with Crippen LogP contribution in [0.3, 0.4) is 0 Å². The van der Waals surface area contributed by atoms with E-state index in [1.165, 1.54) is 11.8 Å². The van der Waals surface area contributed by atoms with Crippen molar-refractivity contribution in [3.8, 4) is 0 Å². The van der Waals surface area contributed by atoms with Crippen molar-refractivity contribution in [1.29, 1.82) is 0 Å². The number of alkyl halides is 3. The van der Waals surface area contributed by atoms with Crippen LogP contribution in [-0.4, -0.2) is 15.7 Å². The first kappa shape index (κ1) is 11.6. The van der Waals surface area contributed by atoms with Crippen molar-refractivity contribution in [2.24, 2.45) is 0 Å². The molecular weight excluding hydrogens is 237 g/mol. The Morgan fingerprint density at radius 2 is 2.14 bits per heavy atom. The van der Waals surface area contributed by atoms with Crippen LogP contribution in [0.5, 0.6) is 0 Å². The lowest BCUT2D eigenvalue weighted by atomic mass is 10.3. The van der Waals surface area contributed by atoms with Crippen molar-refractivity contribution < 1.29 is 13.2 Å². The zero-order chi connectivity index (χ0) is 10.8. The molecule has 0 N–H and O–H groups in total. The molecule has 7 heteroatoms. The summed E-state index contributed by atoms with van der Waals surface area (Å²) in [6.45, 7) is 1.85. The Kier molecular flexibility index (Phi) is 3.60. The molecule has 78 valence electrons. The van der Waals surface area contributed by atoms with Crippen LogP contribution in [0.4, 0.5) is 13.2 Å². The van der Waals surface area contributed by atoms with Gasteiger partial charge in [0.25, 0.3) is 0 Å². The summed E-state index contributed by atoms with van der Waals surface area (Å²) >= 11 is 6.60. The van der Waals surface area contributed by atoms with Gasteiger partial charge in [0.05, 0.1) is 0 Å². The Labute approximate surface area is 87.9 Å². The van der Waals surface area contributed by atoms with Crippen LogP contribution >= 0.6 is 23.4 Å². The molecule has 0 aliphatic rings. The van der Waals surface area contributed by atoms with Crippen molar-refractivity contribution >= 4 is 23.4 Å². The van der Waals surface area contributed by atoms with E-state index in [1.54, 1.807) is 0 Å². The fourth-order valence-electron chi connectivity index (χ4n) is 0.735. The minimum Gasteiger partial charge on any atom is -0.230 e. The Morgan fingerprint density at radius 1 is 1.50 bits per heavy atom. The molecule has 0 aromatic carbocycles. The zero-order valence-corrected chi connectivity index (χ0v) is 8.67. The quantitative estimate of drug-likeness (QED) is 0.452. The number of rotatable bonds is 2. The maximum Gasteiger partial charge on any atom is 0.420 e. The molecular formula is C7H6ClF3N2S. The lowest BCUT2D eigenvalue weighted by Crippen LogP contribution is -2.08. The molecule has 1 rings (SSSR count). The Morgan fingerprint density at radius 3 is 2.57 bits per heavy atom. The van der Waals surface area contributed by atoms with Gasteiger partial charge in [-0.25, -0.2) is 9.97 Å². The van der Waals surface area contributed by atoms with Crippen molar-refractivity contribution in [3.63, 3.8) is 0 Å². The van der Waals surface area contributed by atoms with Gasteiger partial charge in [-0.05, 0) is 5.75 Å². The normalized spacial score (nSPS) is 11.8.